The van der Waals surface area contributed by atoms with E-state index < -0.39 is 10.8 Å². The van der Waals surface area contributed by atoms with Crippen LogP contribution in [0.5, 0.6) is 11.5 Å². The van der Waals surface area contributed by atoms with E-state index in [1.54, 1.807) is 31.2 Å². The van der Waals surface area contributed by atoms with Crippen LogP contribution in [0.4, 0.5) is 5.69 Å². The maximum Gasteiger partial charge on any atom is 0.285 e. The molecule has 1 amide bonds. The second-order valence-electron chi connectivity index (χ2n) is 5.44. The molecule has 0 spiro atoms. The van der Waals surface area contributed by atoms with Crippen molar-refractivity contribution < 1.29 is 19.2 Å². The molecule has 1 aliphatic rings. The molecule has 7 heteroatoms. The van der Waals surface area contributed by atoms with Crippen LogP contribution in [0.3, 0.4) is 0 Å². The third-order valence-corrected chi connectivity index (χ3v) is 3.72. The molecule has 0 unspecified atom stereocenters. The van der Waals surface area contributed by atoms with Crippen LogP contribution in [0.15, 0.2) is 42.5 Å². The zero-order chi connectivity index (χ0) is 17.1. The lowest BCUT2D eigenvalue weighted by molar-refractivity contribution is -0.385. The van der Waals surface area contributed by atoms with Gasteiger partial charge in [0.05, 0.1) is 11.5 Å². The number of hydrogen-bond donors (Lipinski definition) is 1. The van der Waals surface area contributed by atoms with Crippen LogP contribution in [0.25, 0.3) is 0 Å². The van der Waals surface area contributed by atoms with Gasteiger partial charge in [0.15, 0.2) is 11.5 Å². The molecule has 1 N–H and O–H groups in total. The number of nitrogens with one attached hydrogen (secondary N) is 1. The van der Waals surface area contributed by atoms with Crippen molar-refractivity contribution in [2.45, 2.75) is 13.0 Å². The Kier molecular flexibility index (Phi) is 4.33. The van der Waals surface area contributed by atoms with Crippen molar-refractivity contribution in [1.82, 2.24) is 5.32 Å². The lowest BCUT2D eigenvalue weighted by Crippen LogP contribution is -2.40. The fraction of sp³-hybridized carbons (Fsp3) is 0.235. The Labute approximate surface area is 138 Å². The molecule has 7 nitrogen and oxygen atoms in total. The van der Waals surface area contributed by atoms with E-state index in [2.05, 4.69) is 5.32 Å². The molecule has 3 rings (SSSR count). The SMILES string of the molecule is Cc1cccc(C(=O)NC[C@@H]2COc3ccccc3O2)c1[N+](=O)[O-]. The average molecular weight is 328 g/mol. The maximum atomic E-state index is 12.3. The van der Waals surface area contributed by atoms with Crippen LogP contribution in [-0.2, 0) is 0 Å². The van der Waals surface area contributed by atoms with E-state index in [4.69, 9.17) is 9.47 Å². The number of rotatable bonds is 4. The zero-order valence-corrected chi connectivity index (χ0v) is 13.0. The minimum absolute atomic E-state index is 0.0390. The highest BCUT2D eigenvalue weighted by molar-refractivity contribution is 5.98. The highest BCUT2D eigenvalue weighted by atomic mass is 16.6. The van der Waals surface area contributed by atoms with Crippen LogP contribution < -0.4 is 14.8 Å². The topological polar surface area (TPSA) is 90.7 Å². The lowest BCUT2D eigenvalue weighted by Gasteiger charge is -2.26. The first-order chi connectivity index (χ1) is 11.6. The summed E-state index contributed by atoms with van der Waals surface area (Å²) in [5, 5.41) is 13.8. The highest BCUT2D eigenvalue weighted by Crippen LogP contribution is 2.30. The van der Waals surface area contributed by atoms with Crippen molar-refractivity contribution >= 4 is 11.6 Å². The highest BCUT2D eigenvalue weighted by Gasteiger charge is 2.25. The monoisotopic (exact) mass is 328 g/mol. The van der Waals surface area contributed by atoms with Gasteiger partial charge in [-0.1, -0.05) is 24.3 Å². The van der Waals surface area contributed by atoms with E-state index in [1.165, 1.54) is 6.07 Å². The van der Waals surface area contributed by atoms with Gasteiger partial charge in [0.1, 0.15) is 18.3 Å². The Balaban J connectivity index is 1.67. The largest absolute Gasteiger partial charge is 0.486 e. The van der Waals surface area contributed by atoms with E-state index in [1.807, 2.05) is 12.1 Å². The second kappa shape index (κ2) is 6.57. The number of aryl methyl sites for hydroxylation is 1. The van der Waals surface area contributed by atoms with Crippen molar-refractivity contribution in [1.29, 1.82) is 0 Å². The smallest absolute Gasteiger partial charge is 0.285 e. The first kappa shape index (κ1) is 15.8. The van der Waals surface area contributed by atoms with Gasteiger partial charge in [-0.3, -0.25) is 14.9 Å². The number of carbonyl (C=O) groups is 1. The first-order valence-electron chi connectivity index (χ1n) is 7.47. The zero-order valence-electron chi connectivity index (χ0n) is 13.0. The van der Waals surface area contributed by atoms with Gasteiger partial charge in [-0.25, -0.2) is 0 Å². The predicted octanol–water partition coefficient (Wildman–Crippen LogP) is 2.47. The Morgan fingerprint density at radius 2 is 2.00 bits per heavy atom. The summed E-state index contributed by atoms with van der Waals surface area (Å²) in [6.45, 7) is 2.09. The summed E-state index contributed by atoms with van der Waals surface area (Å²) in [5.74, 6) is 0.770. The molecule has 0 bridgehead atoms. The number of hydrogen-bond acceptors (Lipinski definition) is 5. The molecular formula is C17H16N2O5. The molecule has 0 saturated carbocycles. The normalized spacial score (nSPS) is 15.6. The van der Waals surface area contributed by atoms with E-state index in [-0.39, 0.29) is 23.9 Å². The number of nitro benzene ring substituents is 1. The molecule has 1 heterocycles. The van der Waals surface area contributed by atoms with Crippen LogP contribution in [0.1, 0.15) is 15.9 Å². The maximum absolute atomic E-state index is 12.3. The molecule has 1 atom stereocenters. The molecule has 1 aliphatic heterocycles. The van der Waals surface area contributed by atoms with Gasteiger partial charge in [-0.2, -0.15) is 0 Å². The number of fused-ring (bicyclic) bond motifs is 1. The first-order valence-corrected chi connectivity index (χ1v) is 7.47. The lowest BCUT2D eigenvalue weighted by atomic mass is 10.1. The number of amides is 1. The van der Waals surface area contributed by atoms with Gasteiger partial charge in [-0.05, 0) is 25.1 Å². The Bertz CT molecular complexity index is 790. The standard InChI is InChI=1S/C17H16N2O5/c1-11-5-4-6-13(16(11)19(21)22)17(20)18-9-12-10-23-14-7-2-3-8-15(14)24-12/h2-8,12H,9-10H2,1H3,(H,18,20)/t12-/m1/s1. The van der Waals surface area contributed by atoms with Gasteiger partial charge < -0.3 is 14.8 Å². The van der Waals surface area contributed by atoms with Gasteiger partial charge in [0.2, 0.25) is 0 Å². The summed E-state index contributed by atoms with van der Waals surface area (Å²) in [6.07, 6.45) is -0.354. The van der Waals surface area contributed by atoms with E-state index >= 15 is 0 Å². The predicted molar refractivity (Wildman–Crippen MR) is 86.5 cm³/mol. The number of nitro groups is 1. The van der Waals surface area contributed by atoms with Crippen molar-refractivity contribution in [3.8, 4) is 11.5 Å². The summed E-state index contributed by atoms with van der Waals surface area (Å²) in [6, 6.07) is 11.9. The average Bonchev–Trinajstić information content (AvgIpc) is 2.59. The van der Waals surface area contributed by atoms with E-state index in [0.29, 0.717) is 23.7 Å². The molecule has 2 aromatic rings. The van der Waals surface area contributed by atoms with Gasteiger partial charge in [0.25, 0.3) is 11.6 Å². The van der Waals surface area contributed by atoms with E-state index in [9.17, 15) is 14.9 Å². The molecule has 0 fully saturated rings. The number of nitrogens with zero attached hydrogens (tertiary/aromatic N) is 1. The van der Waals surface area contributed by atoms with Crippen molar-refractivity contribution in [3.05, 3.63) is 63.7 Å². The quantitative estimate of drug-likeness (QED) is 0.688. The van der Waals surface area contributed by atoms with Crippen molar-refractivity contribution in [3.63, 3.8) is 0 Å². The fourth-order valence-corrected chi connectivity index (χ4v) is 2.55. The number of ether oxygens (including phenoxy) is 2. The summed E-state index contributed by atoms with van der Waals surface area (Å²) in [4.78, 5) is 22.9. The molecule has 0 saturated heterocycles. The summed E-state index contributed by atoms with van der Waals surface area (Å²) in [5.41, 5.74) is 0.303. The molecule has 124 valence electrons. The van der Waals surface area contributed by atoms with E-state index in [0.717, 1.165) is 0 Å². The van der Waals surface area contributed by atoms with Crippen LogP contribution >= 0.6 is 0 Å². The molecule has 0 aromatic heterocycles. The minimum atomic E-state index is -0.541. The third kappa shape index (κ3) is 3.15. The van der Waals surface area contributed by atoms with Crippen LogP contribution in [0, 0.1) is 17.0 Å². The van der Waals surface area contributed by atoms with Gasteiger partial charge in [0, 0.05) is 5.56 Å². The molecule has 2 aromatic carbocycles. The molecule has 0 aliphatic carbocycles. The number of para-hydroxylation sites is 3. The molecule has 24 heavy (non-hydrogen) atoms. The number of carbonyl (C=O) groups excluding carboxylic acids is 1. The van der Waals surface area contributed by atoms with Gasteiger partial charge in [-0.15, -0.1) is 0 Å². The molecule has 0 radical (unpaired) electrons. The van der Waals surface area contributed by atoms with Crippen LogP contribution in [0.2, 0.25) is 0 Å². The van der Waals surface area contributed by atoms with Crippen LogP contribution in [-0.4, -0.2) is 30.1 Å². The van der Waals surface area contributed by atoms with Crippen molar-refractivity contribution in [2.24, 2.45) is 0 Å². The Morgan fingerprint density at radius 1 is 1.25 bits per heavy atom. The van der Waals surface area contributed by atoms with Crippen molar-refractivity contribution in [2.75, 3.05) is 13.2 Å². The fourth-order valence-electron chi connectivity index (χ4n) is 2.55. The Hall–Kier alpha value is -3.09. The second-order valence-corrected chi connectivity index (χ2v) is 5.44. The summed E-state index contributed by atoms with van der Waals surface area (Å²) in [7, 11) is 0. The Morgan fingerprint density at radius 3 is 2.75 bits per heavy atom. The third-order valence-electron chi connectivity index (χ3n) is 3.72. The summed E-state index contributed by atoms with van der Waals surface area (Å²) < 4.78 is 11.3. The number of benzene rings is 2. The van der Waals surface area contributed by atoms with Gasteiger partial charge >= 0.3 is 0 Å². The summed E-state index contributed by atoms with van der Waals surface area (Å²) >= 11 is 0. The minimum Gasteiger partial charge on any atom is -0.486 e. The molecular weight excluding hydrogens is 312 g/mol.